The molecule has 0 fully saturated rings. The Balaban J connectivity index is 3.85. The fourth-order valence-corrected chi connectivity index (χ4v) is 4.62. The number of aliphatic hydroxyl groups excluding tert-OH is 3. The van der Waals surface area contributed by atoms with Crippen LogP contribution in [-0.2, 0) is 4.79 Å². The van der Waals surface area contributed by atoms with Gasteiger partial charge < -0.3 is 20.6 Å². The highest BCUT2D eigenvalue weighted by molar-refractivity contribution is 5.76. The molecule has 0 aliphatic rings. The van der Waals surface area contributed by atoms with Crippen LogP contribution in [0.2, 0.25) is 0 Å². The molecule has 5 nitrogen and oxygen atoms in total. The third kappa shape index (κ3) is 26.6. The molecule has 0 aromatic carbocycles. The van der Waals surface area contributed by atoms with Gasteiger partial charge in [-0.1, -0.05) is 134 Å². The quantitative estimate of drug-likeness (QED) is 0.0451. The van der Waals surface area contributed by atoms with E-state index in [0.717, 1.165) is 51.4 Å². The zero-order valence-corrected chi connectivity index (χ0v) is 25.5. The maximum atomic E-state index is 12.3. The fourth-order valence-electron chi connectivity index (χ4n) is 4.62. The first kappa shape index (κ1) is 37.6. The molecule has 228 valence electrons. The number of carbonyl (C=O) groups excluding carboxylic acids is 1. The van der Waals surface area contributed by atoms with Crippen molar-refractivity contribution < 1.29 is 20.1 Å². The molecule has 0 aromatic heterocycles. The largest absolute Gasteiger partial charge is 0.394 e. The van der Waals surface area contributed by atoms with Crippen molar-refractivity contribution in [3.8, 4) is 0 Å². The first-order valence-corrected chi connectivity index (χ1v) is 16.3. The Morgan fingerprint density at radius 1 is 0.667 bits per heavy atom. The Hall–Kier alpha value is -1.43. The van der Waals surface area contributed by atoms with Crippen molar-refractivity contribution in [2.24, 2.45) is 0 Å². The number of amides is 1. The van der Waals surface area contributed by atoms with Gasteiger partial charge in [-0.15, -0.1) is 0 Å². The molecule has 0 heterocycles. The highest BCUT2D eigenvalue weighted by Crippen LogP contribution is 2.12. The van der Waals surface area contributed by atoms with Crippen LogP contribution in [0.5, 0.6) is 0 Å². The monoisotopic (exact) mass is 549 g/mol. The zero-order chi connectivity index (χ0) is 28.8. The van der Waals surface area contributed by atoms with Crippen molar-refractivity contribution in [1.29, 1.82) is 0 Å². The van der Waals surface area contributed by atoms with Crippen molar-refractivity contribution in [1.82, 2.24) is 5.32 Å². The minimum absolute atomic E-state index is 0.00128. The molecule has 0 aromatic rings. The molecule has 3 atom stereocenters. The summed E-state index contributed by atoms with van der Waals surface area (Å²) in [5, 5.41) is 32.8. The molecule has 5 heteroatoms. The van der Waals surface area contributed by atoms with E-state index in [9.17, 15) is 20.1 Å². The van der Waals surface area contributed by atoms with Crippen molar-refractivity contribution in [2.75, 3.05) is 6.61 Å². The third-order valence-electron chi connectivity index (χ3n) is 7.20. The summed E-state index contributed by atoms with van der Waals surface area (Å²) >= 11 is 0. The van der Waals surface area contributed by atoms with Gasteiger partial charge in [-0.05, 0) is 44.9 Å². The Morgan fingerprint density at radius 3 is 1.69 bits per heavy atom. The summed E-state index contributed by atoms with van der Waals surface area (Å²) in [7, 11) is 0. The Morgan fingerprint density at radius 2 is 1.13 bits per heavy atom. The number of allylic oxidation sites excluding steroid dienone is 5. The molecule has 4 N–H and O–H groups in total. The van der Waals surface area contributed by atoms with Gasteiger partial charge in [-0.25, -0.2) is 0 Å². The van der Waals surface area contributed by atoms with Gasteiger partial charge in [0.25, 0.3) is 0 Å². The molecule has 0 spiro atoms. The molecule has 0 saturated carbocycles. The van der Waals surface area contributed by atoms with Gasteiger partial charge in [0.1, 0.15) is 0 Å². The van der Waals surface area contributed by atoms with E-state index < -0.39 is 18.2 Å². The molecule has 0 aliphatic heterocycles. The lowest BCUT2D eigenvalue weighted by molar-refractivity contribution is -0.124. The molecular weight excluding hydrogens is 486 g/mol. The van der Waals surface area contributed by atoms with Gasteiger partial charge in [-0.2, -0.15) is 0 Å². The lowest BCUT2D eigenvalue weighted by Gasteiger charge is -2.21. The molecule has 0 aliphatic carbocycles. The van der Waals surface area contributed by atoms with Crippen LogP contribution in [0.4, 0.5) is 0 Å². The zero-order valence-electron chi connectivity index (χ0n) is 25.5. The Labute approximate surface area is 241 Å². The molecule has 0 bridgehead atoms. The normalized spacial score (nSPS) is 14.5. The Bertz CT molecular complexity index is 616. The maximum absolute atomic E-state index is 12.3. The highest BCUT2D eigenvalue weighted by atomic mass is 16.3. The number of carbonyl (C=O) groups is 1. The second kappa shape index (κ2) is 29.6. The van der Waals surface area contributed by atoms with Gasteiger partial charge >= 0.3 is 0 Å². The number of nitrogens with one attached hydrogen (secondary N) is 1. The van der Waals surface area contributed by atoms with Crippen LogP contribution in [0, 0.1) is 0 Å². The smallest absolute Gasteiger partial charge is 0.222 e. The third-order valence-corrected chi connectivity index (χ3v) is 7.20. The number of unbranched alkanes of at least 4 members (excludes halogenated alkanes) is 16. The fraction of sp³-hybridized carbons (Fsp3) is 0.794. The van der Waals surface area contributed by atoms with E-state index in [2.05, 4.69) is 43.5 Å². The van der Waals surface area contributed by atoms with Crippen molar-refractivity contribution in [2.45, 2.75) is 167 Å². The van der Waals surface area contributed by atoms with E-state index >= 15 is 0 Å². The predicted molar refractivity (Wildman–Crippen MR) is 167 cm³/mol. The summed E-state index contributed by atoms with van der Waals surface area (Å²) in [6.07, 6.45) is 34.0. The van der Waals surface area contributed by atoms with E-state index in [4.69, 9.17) is 0 Å². The van der Waals surface area contributed by atoms with Crippen LogP contribution < -0.4 is 5.32 Å². The summed E-state index contributed by atoms with van der Waals surface area (Å²) in [6.45, 7) is 4.12. The molecule has 0 rings (SSSR count). The van der Waals surface area contributed by atoms with E-state index in [1.807, 2.05) is 6.08 Å². The van der Waals surface area contributed by atoms with Crippen LogP contribution in [0.25, 0.3) is 0 Å². The summed E-state index contributed by atoms with van der Waals surface area (Å²) in [6, 6.07) is -0.747. The first-order chi connectivity index (χ1) is 19.0. The van der Waals surface area contributed by atoms with Crippen molar-refractivity contribution >= 4 is 5.91 Å². The highest BCUT2D eigenvalue weighted by Gasteiger charge is 2.20. The summed E-state index contributed by atoms with van der Waals surface area (Å²) < 4.78 is 0. The lowest BCUT2D eigenvalue weighted by Crippen LogP contribution is -2.45. The minimum Gasteiger partial charge on any atom is -0.394 e. The van der Waals surface area contributed by atoms with Gasteiger partial charge in [0.15, 0.2) is 0 Å². The predicted octanol–water partition coefficient (Wildman–Crippen LogP) is 8.09. The average molecular weight is 550 g/mol. The lowest BCUT2D eigenvalue weighted by atomic mass is 10.0. The van der Waals surface area contributed by atoms with Gasteiger partial charge in [0, 0.05) is 0 Å². The summed E-state index contributed by atoms with van der Waals surface area (Å²) in [5.41, 5.74) is 0. The molecule has 0 saturated heterocycles. The molecule has 1 amide bonds. The second-order valence-corrected chi connectivity index (χ2v) is 11.1. The van der Waals surface area contributed by atoms with E-state index in [0.29, 0.717) is 6.42 Å². The maximum Gasteiger partial charge on any atom is 0.222 e. The van der Waals surface area contributed by atoms with Crippen LogP contribution in [0.1, 0.15) is 149 Å². The van der Waals surface area contributed by atoms with Crippen LogP contribution in [0.15, 0.2) is 36.5 Å². The number of hydrogen-bond donors (Lipinski definition) is 4. The molecule has 3 unspecified atom stereocenters. The summed E-state index contributed by atoms with van der Waals surface area (Å²) in [4.78, 5) is 12.3. The van der Waals surface area contributed by atoms with E-state index in [1.165, 1.54) is 70.6 Å². The van der Waals surface area contributed by atoms with Crippen LogP contribution in [0.3, 0.4) is 0 Å². The Kier molecular flexibility index (Phi) is 28.5. The number of rotatable bonds is 28. The van der Waals surface area contributed by atoms with E-state index in [1.54, 1.807) is 6.08 Å². The first-order valence-electron chi connectivity index (χ1n) is 16.3. The summed E-state index contributed by atoms with van der Waals surface area (Å²) in [5.74, 6) is -0.333. The van der Waals surface area contributed by atoms with Gasteiger partial charge in [0.2, 0.25) is 5.91 Å². The number of hydrogen-bond acceptors (Lipinski definition) is 4. The van der Waals surface area contributed by atoms with Gasteiger partial charge in [-0.3, -0.25) is 4.79 Å². The van der Waals surface area contributed by atoms with E-state index in [-0.39, 0.29) is 18.9 Å². The van der Waals surface area contributed by atoms with Gasteiger partial charge in [0.05, 0.1) is 31.3 Å². The average Bonchev–Trinajstić information content (AvgIpc) is 2.92. The van der Waals surface area contributed by atoms with Crippen molar-refractivity contribution in [3.05, 3.63) is 36.5 Å². The second-order valence-electron chi connectivity index (χ2n) is 11.1. The molecule has 39 heavy (non-hydrogen) atoms. The van der Waals surface area contributed by atoms with Crippen LogP contribution >= 0.6 is 0 Å². The topological polar surface area (TPSA) is 89.8 Å². The standard InChI is InChI=1S/C34H63NO4/c1-3-5-7-9-11-13-15-16-18-19-21-23-25-27-31(37)29-34(39)35-32(30-36)33(38)28-26-24-22-20-17-14-12-10-8-6-4-2/h11,13,15-16,26,28,31-33,36-38H,3-10,12,14,17-25,27,29-30H2,1-2H3,(H,35,39)/b13-11-,16-15-,28-26+. The minimum atomic E-state index is -0.930. The van der Waals surface area contributed by atoms with Crippen molar-refractivity contribution in [3.63, 3.8) is 0 Å². The molecular formula is C34H63NO4. The number of aliphatic hydroxyl groups is 3. The molecule has 0 radical (unpaired) electrons. The van der Waals surface area contributed by atoms with Crippen LogP contribution in [-0.4, -0.2) is 46.1 Å². The SMILES string of the molecule is CCCCC/C=C\C=C/CCCCCCC(O)CC(=O)NC(CO)C(O)/C=C/CCCCCCCCCCC.